The second kappa shape index (κ2) is 5.72. The van der Waals surface area contributed by atoms with Crippen LogP contribution < -0.4 is 10.5 Å². The summed E-state index contributed by atoms with van der Waals surface area (Å²) in [6, 6.07) is 4.95. The lowest BCUT2D eigenvalue weighted by Gasteiger charge is -2.11. The Morgan fingerprint density at radius 3 is 2.72 bits per heavy atom. The van der Waals surface area contributed by atoms with Gasteiger partial charge in [-0.25, -0.2) is 8.42 Å². The molecule has 18 heavy (non-hydrogen) atoms. The number of ether oxygens (including phenoxy) is 1. The number of rotatable bonds is 5. The first kappa shape index (κ1) is 14.3. The van der Waals surface area contributed by atoms with E-state index < -0.39 is 16.0 Å². The first-order valence-corrected chi connectivity index (χ1v) is 6.93. The van der Waals surface area contributed by atoms with Crippen molar-refractivity contribution in [1.29, 1.82) is 0 Å². The molecule has 0 unspecified atom stereocenters. The van der Waals surface area contributed by atoms with Crippen LogP contribution in [-0.4, -0.2) is 27.2 Å². The summed E-state index contributed by atoms with van der Waals surface area (Å²) in [5.74, 6) is -0.891. The van der Waals surface area contributed by atoms with Crippen molar-refractivity contribution in [2.24, 2.45) is 0 Å². The van der Waals surface area contributed by atoms with Crippen molar-refractivity contribution in [1.82, 2.24) is 0 Å². The molecule has 6 nitrogen and oxygen atoms in total. The molecule has 1 rings (SSSR count). The standard InChI is InChI=1S/C11H16N2O4S/c1-8-9(12)4-3-5-10(8)13-18(15,16)7-6-11(14)17-2/h3-5,13H,6-7,12H2,1-2H3. The molecular formula is C11H16N2O4S. The lowest BCUT2D eigenvalue weighted by molar-refractivity contribution is -0.140. The zero-order chi connectivity index (χ0) is 13.8. The number of carbonyl (C=O) groups is 1. The van der Waals surface area contributed by atoms with Gasteiger partial charge >= 0.3 is 5.97 Å². The molecule has 0 saturated heterocycles. The zero-order valence-electron chi connectivity index (χ0n) is 10.3. The van der Waals surface area contributed by atoms with Gasteiger partial charge in [0.2, 0.25) is 10.0 Å². The third kappa shape index (κ3) is 3.92. The Balaban J connectivity index is 2.77. The molecule has 0 aliphatic heterocycles. The number of hydrogen-bond acceptors (Lipinski definition) is 5. The van der Waals surface area contributed by atoms with Gasteiger partial charge in [0.15, 0.2) is 0 Å². The summed E-state index contributed by atoms with van der Waals surface area (Å²) < 4.78 is 30.2. The molecule has 1 aromatic rings. The summed E-state index contributed by atoms with van der Waals surface area (Å²) in [5.41, 5.74) is 7.25. The predicted molar refractivity (Wildman–Crippen MR) is 69.6 cm³/mol. The number of anilines is 2. The monoisotopic (exact) mass is 272 g/mol. The fourth-order valence-corrected chi connectivity index (χ4v) is 2.40. The van der Waals surface area contributed by atoms with Gasteiger partial charge in [-0.05, 0) is 24.6 Å². The van der Waals surface area contributed by atoms with Crippen molar-refractivity contribution in [3.8, 4) is 0 Å². The van der Waals surface area contributed by atoms with E-state index in [0.717, 1.165) is 0 Å². The van der Waals surface area contributed by atoms with Crippen molar-refractivity contribution in [3.05, 3.63) is 23.8 Å². The Labute approximate surface area is 106 Å². The Morgan fingerprint density at radius 1 is 1.44 bits per heavy atom. The van der Waals surface area contributed by atoms with E-state index >= 15 is 0 Å². The predicted octanol–water partition coefficient (Wildman–Crippen LogP) is 0.882. The van der Waals surface area contributed by atoms with Gasteiger partial charge in [-0.1, -0.05) is 6.07 Å². The van der Waals surface area contributed by atoms with Crippen LogP contribution in [0.25, 0.3) is 0 Å². The molecule has 0 saturated carbocycles. The van der Waals surface area contributed by atoms with E-state index in [9.17, 15) is 13.2 Å². The summed E-state index contributed by atoms with van der Waals surface area (Å²) in [7, 11) is -2.37. The maximum atomic E-state index is 11.7. The van der Waals surface area contributed by atoms with Gasteiger partial charge in [0.25, 0.3) is 0 Å². The molecule has 0 amide bonds. The quantitative estimate of drug-likeness (QED) is 0.612. The number of nitrogens with one attached hydrogen (secondary N) is 1. The van der Waals surface area contributed by atoms with Gasteiger partial charge in [0, 0.05) is 5.69 Å². The summed E-state index contributed by atoms with van der Waals surface area (Å²) in [6.45, 7) is 1.72. The highest BCUT2D eigenvalue weighted by atomic mass is 32.2. The van der Waals surface area contributed by atoms with Gasteiger partial charge in [0.1, 0.15) is 0 Å². The highest BCUT2D eigenvalue weighted by Crippen LogP contribution is 2.21. The largest absolute Gasteiger partial charge is 0.469 e. The van der Waals surface area contributed by atoms with Crippen molar-refractivity contribution in [3.63, 3.8) is 0 Å². The first-order valence-electron chi connectivity index (χ1n) is 5.28. The highest BCUT2D eigenvalue weighted by molar-refractivity contribution is 7.92. The van der Waals surface area contributed by atoms with Gasteiger partial charge < -0.3 is 10.5 Å². The number of nitrogens with two attached hydrogens (primary N) is 1. The Hall–Kier alpha value is -1.76. The van der Waals surface area contributed by atoms with Crippen LogP contribution in [0.5, 0.6) is 0 Å². The van der Waals surface area contributed by atoms with E-state index in [1.54, 1.807) is 25.1 Å². The molecular weight excluding hydrogens is 256 g/mol. The van der Waals surface area contributed by atoms with E-state index in [1.807, 2.05) is 0 Å². The van der Waals surface area contributed by atoms with Crippen LogP contribution >= 0.6 is 0 Å². The van der Waals surface area contributed by atoms with Gasteiger partial charge in [-0.3, -0.25) is 9.52 Å². The maximum Gasteiger partial charge on any atom is 0.306 e. The summed E-state index contributed by atoms with van der Waals surface area (Å²) in [6.07, 6.45) is -0.187. The minimum atomic E-state index is -3.59. The minimum Gasteiger partial charge on any atom is -0.469 e. The Morgan fingerprint density at radius 2 is 2.11 bits per heavy atom. The molecule has 0 spiro atoms. The first-order chi connectivity index (χ1) is 8.35. The van der Waals surface area contributed by atoms with E-state index in [1.165, 1.54) is 7.11 Å². The third-order valence-electron chi connectivity index (χ3n) is 2.44. The van der Waals surface area contributed by atoms with Gasteiger partial charge in [0.05, 0.1) is 25.0 Å². The second-order valence-electron chi connectivity index (χ2n) is 3.77. The van der Waals surface area contributed by atoms with Crippen LogP contribution in [-0.2, 0) is 19.6 Å². The van der Waals surface area contributed by atoms with Crippen molar-refractivity contribution in [2.45, 2.75) is 13.3 Å². The molecule has 3 N–H and O–H groups in total. The van der Waals surface area contributed by atoms with Gasteiger partial charge in [-0.2, -0.15) is 0 Å². The topological polar surface area (TPSA) is 98.5 Å². The smallest absolute Gasteiger partial charge is 0.306 e. The number of sulfonamides is 1. The molecule has 0 atom stereocenters. The average molecular weight is 272 g/mol. The van der Waals surface area contributed by atoms with Crippen LogP contribution in [0.1, 0.15) is 12.0 Å². The summed E-state index contributed by atoms with van der Waals surface area (Å²) >= 11 is 0. The Kier molecular flexibility index (Phi) is 4.55. The average Bonchev–Trinajstić information content (AvgIpc) is 2.32. The fourth-order valence-electron chi connectivity index (χ4n) is 1.30. The lowest BCUT2D eigenvalue weighted by Crippen LogP contribution is -2.20. The van der Waals surface area contributed by atoms with Crippen molar-refractivity contribution >= 4 is 27.4 Å². The molecule has 1 aromatic carbocycles. The number of benzene rings is 1. The number of esters is 1. The van der Waals surface area contributed by atoms with Crippen molar-refractivity contribution < 1.29 is 17.9 Å². The SMILES string of the molecule is COC(=O)CCS(=O)(=O)Nc1cccc(N)c1C. The molecule has 0 aliphatic carbocycles. The normalized spacial score (nSPS) is 11.0. The minimum absolute atomic E-state index is 0.187. The van der Waals surface area contributed by atoms with Crippen LogP contribution in [0.2, 0.25) is 0 Å². The number of nitrogen functional groups attached to an aromatic ring is 1. The Bertz CT molecular complexity index is 540. The summed E-state index contributed by atoms with van der Waals surface area (Å²) in [4.78, 5) is 10.9. The number of hydrogen-bond donors (Lipinski definition) is 2. The molecule has 0 bridgehead atoms. The van der Waals surface area contributed by atoms with Crippen LogP contribution in [0, 0.1) is 6.92 Å². The molecule has 0 aromatic heterocycles. The van der Waals surface area contributed by atoms with Crippen LogP contribution in [0.15, 0.2) is 18.2 Å². The highest BCUT2D eigenvalue weighted by Gasteiger charge is 2.15. The summed E-state index contributed by atoms with van der Waals surface area (Å²) in [5, 5.41) is 0. The fraction of sp³-hybridized carbons (Fsp3) is 0.364. The van der Waals surface area contributed by atoms with E-state index in [-0.39, 0.29) is 12.2 Å². The van der Waals surface area contributed by atoms with Crippen LogP contribution in [0.4, 0.5) is 11.4 Å². The van der Waals surface area contributed by atoms with E-state index in [0.29, 0.717) is 16.9 Å². The van der Waals surface area contributed by atoms with Crippen LogP contribution in [0.3, 0.4) is 0 Å². The van der Waals surface area contributed by atoms with E-state index in [2.05, 4.69) is 9.46 Å². The zero-order valence-corrected chi connectivity index (χ0v) is 11.1. The third-order valence-corrected chi connectivity index (χ3v) is 3.72. The number of carbonyl (C=O) groups excluding carboxylic acids is 1. The molecule has 0 heterocycles. The number of methoxy groups -OCH3 is 1. The van der Waals surface area contributed by atoms with Crippen molar-refractivity contribution in [2.75, 3.05) is 23.3 Å². The molecule has 0 fully saturated rings. The van der Waals surface area contributed by atoms with Gasteiger partial charge in [-0.15, -0.1) is 0 Å². The lowest BCUT2D eigenvalue weighted by atomic mass is 10.2. The molecule has 100 valence electrons. The molecule has 7 heteroatoms. The van der Waals surface area contributed by atoms with E-state index in [4.69, 9.17) is 5.73 Å². The maximum absolute atomic E-state index is 11.7. The molecule has 0 radical (unpaired) electrons. The second-order valence-corrected chi connectivity index (χ2v) is 5.61. The molecule has 0 aliphatic rings.